The quantitative estimate of drug-likeness (QED) is 0.601. The van der Waals surface area contributed by atoms with E-state index in [0.717, 1.165) is 4.90 Å². The van der Waals surface area contributed by atoms with Gasteiger partial charge < -0.3 is 14.8 Å². The van der Waals surface area contributed by atoms with E-state index < -0.39 is 11.8 Å². The van der Waals surface area contributed by atoms with Crippen molar-refractivity contribution in [3.05, 3.63) is 89.6 Å². The maximum absolute atomic E-state index is 13.5. The second-order valence-corrected chi connectivity index (χ2v) is 6.88. The van der Waals surface area contributed by atoms with Crippen LogP contribution in [0, 0.1) is 11.3 Å². The molecule has 1 aliphatic rings. The van der Waals surface area contributed by atoms with Gasteiger partial charge in [-0.25, -0.2) is 4.90 Å². The molecule has 0 aromatic heterocycles. The summed E-state index contributed by atoms with van der Waals surface area (Å²) >= 11 is 0. The smallest absolute Gasteiger partial charge is 0.282 e. The Kier molecular flexibility index (Phi) is 5.60. The zero-order valence-corrected chi connectivity index (χ0v) is 17.5. The highest BCUT2D eigenvalue weighted by Crippen LogP contribution is 2.38. The Labute approximate surface area is 185 Å². The number of nitrogens with one attached hydrogen (secondary N) is 1. The van der Waals surface area contributed by atoms with Crippen LogP contribution in [-0.4, -0.2) is 26.0 Å². The zero-order valence-electron chi connectivity index (χ0n) is 17.5. The summed E-state index contributed by atoms with van der Waals surface area (Å²) in [6, 6.07) is 22.4. The van der Waals surface area contributed by atoms with Crippen molar-refractivity contribution in [2.24, 2.45) is 0 Å². The van der Waals surface area contributed by atoms with Crippen LogP contribution < -0.4 is 19.7 Å². The van der Waals surface area contributed by atoms with Crippen molar-refractivity contribution in [2.45, 2.75) is 0 Å². The zero-order chi connectivity index (χ0) is 22.7. The van der Waals surface area contributed by atoms with Gasteiger partial charge in [0.1, 0.15) is 17.2 Å². The van der Waals surface area contributed by atoms with E-state index in [1.807, 2.05) is 12.1 Å². The molecule has 0 saturated heterocycles. The molecule has 0 radical (unpaired) electrons. The largest absolute Gasteiger partial charge is 0.496 e. The van der Waals surface area contributed by atoms with Gasteiger partial charge in [-0.2, -0.15) is 5.26 Å². The summed E-state index contributed by atoms with van der Waals surface area (Å²) < 4.78 is 10.8. The Morgan fingerprint density at radius 3 is 2.09 bits per heavy atom. The highest BCUT2D eigenvalue weighted by atomic mass is 16.5. The Balaban J connectivity index is 1.87. The van der Waals surface area contributed by atoms with Crippen molar-refractivity contribution in [2.75, 3.05) is 24.4 Å². The molecule has 7 heteroatoms. The third-order valence-corrected chi connectivity index (χ3v) is 5.08. The number of anilines is 2. The summed E-state index contributed by atoms with van der Waals surface area (Å²) in [5, 5.41) is 12.2. The first-order valence-electron chi connectivity index (χ1n) is 9.75. The number of amides is 2. The Bertz CT molecular complexity index is 1270. The molecule has 158 valence electrons. The Hall–Kier alpha value is -4.57. The molecular formula is C25H19N3O4. The summed E-state index contributed by atoms with van der Waals surface area (Å²) in [5.74, 6) is -0.0331. The van der Waals surface area contributed by atoms with Gasteiger partial charge in [-0.3, -0.25) is 9.59 Å². The van der Waals surface area contributed by atoms with Gasteiger partial charge in [-0.1, -0.05) is 30.3 Å². The minimum atomic E-state index is -0.522. The lowest BCUT2D eigenvalue weighted by molar-refractivity contribution is -0.120. The minimum Gasteiger partial charge on any atom is -0.496 e. The first kappa shape index (κ1) is 20.7. The molecule has 32 heavy (non-hydrogen) atoms. The van der Waals surface area contributed by atoms with Crippen molar-refractivity contribution < 1.29 is 19.1 Å². The molecule has 0 fully saturated rings. The van der Waals surface area contributed by atoms with Gasteiger partial charge in [0, 0.05) is 5.56 Å². The fraction of sp³-hybridized carbons (Fsp3) is 0.0800. The third kappa shape index (κ3) is 3.55. The molecular weight excluding hydrogens is 406 g/mol. The number of imide groups is 1. The van der Waals surface area contributed by atoms with Crippen molar-refractivity contribution >= 4 is 28.8 Å². The normalized spacial score (nSPS) is 13.2. The summed E-state index contributed by atoms with van der Waals surface area (Å²) in [6.07, 6.45) is 0. The van der Waals surface area contributed by atoms with Crippen LogP contribution in [-0.2, 0) is 9.59 Å². The van der Waals surface area contributed by atoms with Gasteiger partial charge >= 0.3 is 0 Å². The fourth-order valence-corrected chi connectivity index (χ4v) is 3.55. The monoisotopic (exact) mass is 425 g/mol. The molecule has 4 rings (SSSR count). The molecule has 0 spiro atoms. The predicted octanol–water partition coefficient (Wildman–Crippen LogP) is 3.97. The van der Waals surface area contributed by atoms with Gasteiger partial charge in [-0.15, -0.1) is 0 Å². The molecule has 0 saturated carbocycles. The van der Waals surface area contributed by atoms with Crippen molar-refractivity contribution in [1.82, 2.24) is 0 Å². The van der Waals surface area contributed by atoms with Crippen LogP contribution in [0.15, 0.2) is 78.5 Å². The number of rotatable bonds is 6. The van der Waals surface area contributed by atoms with Crippen LogP contribution in [0.4, 0.5) is 11.4 Å². The average Bonchev–Trinajstić information content (AvgIpc) is 3.08. The number of ether oxygens (including phenoxy) is 2. The van der Waals surface area contributed by atoms with E-state index in [-0.39, 0.29) is 11.3 Å². The van der Waals surface area contributed by atoms with Crippen LogP contribution in [0.3, 0.4) is 0 Å². The topological polar surface area (TPSA) is 91.7 Å². The third-order valence-electron chi connectivity index (χ3n) is 5.08. The van der Waals surface area contributed by atoms with Crippen LogP contribution in [0.25, 0.3) is 5.57 Å². The van der Waals surface area contributed by atoms with E-state index in [1.165, 1.54) is 14.2 Å². The SMILES string of the molecule is COc1ccccc1NC1=C(c2ccccc2OC)C(=O)N(c2ccc(C#N)cc2)C1=O. The van der Waals surface area contributed by atoms with E-state index in [9.17, 15) is 9.59 Å². The molecule has 1 aliphatic heterocycles. The Morgan fingerprint density at radius 1 is 0.812 bits per heavy atom. The lowest BCUT2D eigenvalue weighted by atomic mass is 10.0. The molecule has 0 bridgehead atoms. The van der Waals surface area contributed by atoms with E-state index >= 15 is 0 Å². The summed E-state index contributed by atoms with van der Waals surface area (Å²) in [7, 11) is 3.03. The number of methoxy groups -OCH3 is 2. The second-order valence-electron chi connectivity index (χ2n) is 6.88. The first-order chi connectivity index (χ1) is 15.6. The van der Waals surface area contributed by atoms with Gasteiger partial charge in [0.15, 0.2) is 0 Å². The molecule has 2 amide bonds. The lowest BCUT2D eigenvalue weighted by Gasteiger charge is -2.16. The molecule has 3 aromatic carbocycles. The maximum Gasteiger partial charge on any atom is 0.282 e. The molecule has 1 N–H and O–H groups in total. The molecule has 0 aliphatic carbocycles. The van der Waals surface area contributed by atoms with Crippen LogP contribution >= 0.6 is 0 Å². The molecule has 1 heterocycles. The number of benzene rings is 3. The van der Waals surface area contributed by atoms with Gasteiger partial charge in [-0.05, 0) is 42.5 Å². The van der Waals surface area contributed by atoms with Crippen molar-refractivity contribution in [3.63, 3.8) is 0 Å². The first-order valence-corrected chi connectivity index (χ1v) is 9.75. The molecule has 7 nitrogen and oxygen atoms in total. The van der Waals surface area contributed by atoms with Crippen molar-refractivity contribution in [3.8, 4) is 17.6 Å². The van der Waals surface area contributed by atoms with E-state index in [1.54, 1.807) is 66.7 Å². The summed E-state index contributed by atoms with van der Waals surface area (Å²) in [5.41, 5.74) is 2.11. The highest BCUT2D eigenvalue weighted by molar-refractivity contribution is 6.46. The number of nitriles is 1. The number of para-hydroxylation sites is 3. The number of carbonyl (C=O) groups excluding carboxylic acids is 2. The predicted molar refractivity (Wildman–Crippen MR) is 120 cm³/mol. The standard InChI is InChI=1S/C25H19N3O4/c1-31-20-9-5-3-7-18(20)22-23(27-19-8-4-6-10-21(19)32-2)25(30)28(24(22)29)17-13-11-16(15-26)12-14-17/h3-14,27H,1-2H3. The van der Waals surface area contributed by atoms with E-state index in [0.29, 0.717) is 34.0 Å². The average molecular weight is 425 g/mol. The number of hydrogen-bond acceptors (Lipinski definition) is 6. The fourth-order valence-electron chi connectivity index (χ4n) is 3.55. The summed E-state index contributed by atoms with van der Waals surface area (Å²) in [4.78, 5) is 28.1. The molecule has 0 atom stereocenters. The van der Waals surface area contributed by atoms with Crippen LogP contribution in [0.1, 0.15) is 11.1 Å². The Morgan fingerprint density at radius 2 is 1.44 bits per heavy atom. The van der Waals surface area contributed by atoms with E-state index in [4.69, 9.17) is 14.7 Å². The van der Waals surface area contributed by atoms with Gasteiger partial charge in [0.25, 0.3) is 11.8 Å². The van der Waals surface area contributed by atoms with Crippen molar-refractivity contribution in [1.29, 1.82) is 5.26 Å². The highest BCUT2D eigenvalue weighted by Gasteiger charge is 2.41. The maximum atomic E-state index is 13.5. The number of nitrogens with zero attached hydrogens (tertiary/aromatic N) is 2. The second kappa shape index (κ2) is 8.66. The van der Waals surface area contributed by atoms with E-state index in [2.05, 4.69) is 5.32 Å². The van der Waals surface area contributed by atoms with Crippen LogP contribution in [0.2, 0.25) is 0 Å². The number of carbonyl (C=O) groups is 2. The minimum absolute atomic E-state index is 0.105. The van der Waals surface area contributed by atoms with Gasteiger partial charge in [0.2, 0.25) is 0 Å². The number of hydrogen-bond donors (Lipinski definition) is 1. The molecule has 0 unspecified atom stereocenters. The molecule has 3 aromatic rings. The van der Waals surface area contributed by atoms with Gasteiger partial charge in [0.05, 0.1) is 42.8 Å². The summed E-state index contributed by atoms with van der Waals surface area (Å²) in [6.45, 7) is 0. The lowest BCUT2D eigenvalue weighted by Crippen LogP contribution is -2.32. The van der Waals surface area contributed by atoms with Crippen LogP contribution in [0.5, 0.6) is 11.5 Å².